The zero-order valence-electron chi connectivity index (χ0n) is 10.9. The number of aliphatic hydroxyl groups excluding tert-OH is 1. The van der Waals surface area contributed by atoms with Gasteiger partial charge in [-0.1, -0.05) is 0 Å². The summed E-state index contributed by atoms with van der Waals surface area (Å²) in [5.74, 6) is 0. The van der Waals surface area contributed by atoms with Crippen LogP contribution in [0.5, 0.6) is 0 Å². The number of ether oxygens (including phenoxy) is 1. The van der Waals surface area contributed by atoms with Crippen molar-refractivity contribution < 1.29 is 9.84 Å². The number of nitrogens with zero attached hydrogens (tertiary/aromatic N) is 2. The van der Waals surface area contributed by atoms with Crippen LogP contribution in [0.4, 0.5) is 0 Å². The molecule has 1 rings (SSSR count). The molecule has 1 N–H and O–H groups in total. The van der Waals surface area contributed by atoms with Crippen LogP contribution in [0.2, 0.25) is 0 Å². The standard InChI is InChI=1S/C12H26N2O2/c1-13(2)6-7-14(3)9-12(10-15)5-4-8-16-11-12/h15H,4-11H2,1-3H3. The van der Waals surface area contributed by atoms with Gasteiger partial charge in [0, 0.05) is 31.7 Å². The Labute approximate surface area is 99.2 Å². The first kappa shape index (κ1) is 13.9. The van der Waals surface area contributed by atoms with E-state index in [0.717, 1.165) is 39.1 Å². The topological polar surface area (TPSA) is 35.9 Å². The van der Waals surface area contributed by atoms with Crippen molar-refractivity contribution >= 4 is 0 Å². The lowest BCUT2D eigenvalue weighted by atomic mass is 9.83. The van der Waals surface area contributed by atoms with Crippen LogP contribution in [0.1, 0.15) is 12.8 Å². The summed E-state index contributed by atoms with van der Waals surface area (Å²) in [4.78, 5) is 4.48. The van der Waals surface area contributed by atoms with Gasteiger partial charge >= 0.3 is 0 Å². The fraction of sp³-hybridized carbons (Fsp3) is 1.00. The molecule has 96 valence electrons. The van der Waals surface area contributed by atoms with Crippen LogP contribution >= 0.6 is 0 Å². The van der Waals surface area contributed by atoms with E-state index in [2.05, 4.69) is 30.9 Å². The average molecular weight is 230 g/mol. The van der Waals surface area contributed by atoms with Crippen molar-refractivity contribution in [1.82, 2.24) is 9.80 Å². The first-order valence-electron chi connectivity index (χ1n) is 6.10. The van der Waals surface area contributed by atoms with E-state index in [0.29, 0.717) is 6.61 Å². The smallest absolute Gasteiger partial charge is 0.0556 e. The summed E-state index contributed by atoms with van der Waals surface area (Å²) in [6.07, 6.45) is 2.15. The van der Waals surface area contributed by atoms with Crippen molar-refractivity contribution in [2.24, 2.45) is 5.41 Å². The summed E-state index contributed by atoms with van der Waals surface area (Å²) in [6, 6.07) is 0. The molecule has 16 heavy (non-hydrogen) atoms. The van der Waals surface area contributed by atoms with Crippen molar-refractivity contribution in [1.29, 1.82) is 0 Å². The molecule has 4 heteroatoms. The molecule has 1 heterocycles. The van der Waals surface area contributed by atoms with E-state index in [4.69, 9.17) is 4.74 Å². The van der Waals surface area contributed by atoms with Gasteiger partial charge in [0.05, 0.1) is 13.2 Å². The van der Waals surface area contributed by atoms with Gasteiger partial charge in [0.25, 0.3) is 0 Å². The molecule has 1 atom stereocenters. The van der Waals surface area contributed by atoms with Gasteiger partial charge in [-0.25, -0.2) is 0 Å². The molecule has 1 aliphatic heterocycles. The van der Waals surface area contributed by atoms with Gasteiger partial charge in [0.15, 0.2) is 0 Å². The molecule has 4 nitrogen and oxygen atoms in total. The van der Waals surface area contributed by atoms with E-state index >= 15 is 0 Å². The summed E-state index contributed by atoms with van der Waals surface area (Å²) in [6.45, 7) is 4.81. The number of rotatable bonds is 6. The molecule has 0 saturated carbocycles. The Morgan fingerprint density at radius 3 is 2.50 bits per heavy atom. The van der Waals surface area contributed by atoms with E-state index < -0.39 is 0 Å². The van der Waals surface area contributed by atoms with E-state index in [-0.39, 0.29) is 12.0 Å². The second-order valence-electron chi connectivity index (χ2n) is 5.36. The highest BCUT2D eigenvalue weighted by Gasteiger charge is 2.33. The number of likely N-dealkylation sites (N-methyl/N-ethyl adjacent to an activating group) is 2. The minimum Gasteiger partial charge on any atom is -0.396 e. The minimum atomic E-state index is -0.0285. The van der Waals surface area contributed by atoms with E-state index in [1.807, 2.05) is 0 Å². The monoisotopic (exact) mass is 230 g/mol. The van der Waals surface area contributed by atoms with Crippen molar-refractivity contribution in [2.75, 3.05) is 60.6 Å². The predicted molar refractivity (Wildman–Crippen MR) is 65.6 cm³/mol. The molecule has 0 amide bonds. The number of hydrogen-bond donors (Lipinski definition) is 1. The molecule has 1 fully saturated rings. The van der Waals surface area contributed by atoms with Crippen LogP contribution in [0.25, 0.3) is 0 Å². The fourth-order valence-corrected chi connectivity index (χ4v) is 2.23. The van der Waals surface area contributed by atoms with Crippen LogP contribution in [0.3, 0.4) is 0 Å². The molecule has 0 radical (unpaired) electrons. The molecule has 1 saturated heterocycles. The van der Waals surface area contributed by atoms with Crippen LogP contribution in [-0.4, -0.2) is 75.5 Å². The molecule has 0 aromatic carbocycles. The van der Waals surface area contributed by atoms with E-state index in [1.165, 1.54) is 0 Å². The molecule has 0 aromatic rings. The largest absolute Gasteiger partial charge is 0.396 e. The summed E-state index contributed by atoms with van der Waals surface area (Å²) in [5.41, 5.74) is -0.0285. The first-order valence-corrected chi connectivity index (χ1v) is 6.10. The van der Waals surface area contributed by atoms with Crippen LogP contribution < -0.4 is 0 Å². The van der Waals surface area contributed by atoms with E-state index in [1.54, 1.807) is 0 Å². The van der Waals surface area contributed by atoms with Crippen molar-refractivity contribution in [3.63, 3.8) is 0 Å². The highest BCUT2D eigenvalue weighted by atomic mass is 16.5. The van der Waals surface area contributed by atoms with Gasteiger partial charge in [0.1, 0.15) is 0 Å². The zero-order chi connectivity index (χ0) is 12.0. The average Bonchev–Trinajstić information content (AvgIpc) is 2.28. The Morgan fingerprint density at radius 1 is 1.25 bits per heavy atom. The van der Waals surface area contributed by atoms with Gasteiger partial charge in [-0.2, -0.15) is 0 Å². The predicted octanol–water partition coefficient (Wildman–Crippen LogP) is 0.269. The summed E-state index contributed by atoms with van der Waals surface area (Å²) >= 11 is 0. The summed E-state index contributed by atoms with van der Waals surface area (Å²) in [7, 11) is 6.29. The van der Waals surface area contributed by atoms with Crippen LogP contribution in [0.15, 0.2) is 0 Å². The molecule has 1 unspecified atom stereocenters. The lowest BCUT2D eigenvalue weighted by Gasteiger charge is -2.38. The fourth-order valence-electron chi connectivity index (χ4n) is 2.23. The number of hydrogen-bond acceptors (Lipinski definition) is 4. The molecular weight excluding hydrogens is 204 g/mol. The second kappa shape index (κ2) is 6.55. The Morgan fingerprint density at radius 2 is 2.00 bits per heavy atom. The van der Waals surface area contributed by atoms with Gasteiger partial charge in [0.2, 0.25) is 0 Å². The van der Waals surface area contributed by atoms with Gasteiger partial charge in [-0.05, 0) is 34.0 Å². The van der Waals surface area contributed by atoms with Crippen LogP contribution in [0, 0.1) is 5.41 Å². The van der Waals surface area contributed by atoms with Crippen molar-refractivity contribution in [2.45, 2.75) is 12.8 Å². The number of aliphatic hydroxyl groups is 1. The van der Waals surface area contributed by atoms with Crippen LogP contribution in [-0.2, 0) is 4.74 Å². The SMILES string of the molecule is CN(C)CCN(C)CC1(CO)CCCOC1. The Kier molecular flexibility index (Phi) is 5.69. The molecule has 0 spiro atoms. The highest BCUT2D eigenvalue weighted by Crippen LogP contribution is 2.28. The third kappa shape index (κ3) is 4.37. The maximum absolute atomic E-state index is 9.55. The molecule has 1 aliphatic rings. The molecular formula is C12H26N2O2. The Bertz CT molecular complexity index is 191. The third-order valence-corrected chi connectivity index (χ3v) is 3.27. The van der Waals surface area contributed by atoms with Crippen molar-refractivity contribution in [3.8, 4) is 0 Å². The lowest BCUT2D eigenvalue weighted by molar-refractivity contribution is -0.0525. The summed E-state index contributed by atoms with van der Waals surface area (Å²) in [5, 5.41) is 9.55. The minimum absolute atomic E-state index is 0.0285. The quantitative estimate of drug-likeness (QED) is 0.710. The van der Waals surface area contributed by atoms with E-state index in [9.17, 15) is 5.11 Å². The maximum atomic E-state index is 9.55. The van der Waals surface area contributed by atoms with Gasteiger partial charge < -0.3 is 19.6 Å². The Hall–Kier alpha value is -0.160. The third-order valence-electron chi connectivity index (χ3n) is 3.27. The molecule has 0 aliphatic carbocycles. The van der Waals surface area contributed by atoms with Gasteiger partial charge in [-0.3, -0.25) is 0 Å². The van der Waals surface area contributed by atoms with Gasteiger partial charge in [-0.15, -0.1) is 0 Å². The lowest BCUT2D eigenvalue weighted by Crippen LogP contribution is -2.45. The Balaban J connectivity index is 2.36. The molecule has 0 bridgehead atoms. The maximum Gasteiger partial charge on any atom is 0.0556 e. The molecule has 0 aromatic heterocycles. The zero-order valence-corrected chi connectivity index (χ0v) is 10.9. The van der Waals surface area contributed by atoms with Crippen molar-refractivity contribution in [3.05, 3.63) is 0 Å². The normalized spacial score (nSPS) is 26.6. The summed E-state index contributed by atoms with van der Waals surface area (Å²) < 4.78 is 5.51. The highest BCUT2D eigenvalue weighted by molar-refractivity contribution is 4.84. The first-order chi connectivity index (χ1) is 7.58. The second-order valence-corrected chi connectivity index (χ2v) is 5.36.